The quantitative estimate of drug-likeness (QED) is 0.553. The maximum absolute atomic E-state index is 15.0. The first-order valence-corrected chi connectivity index (χ1v) is 7.59. The van der Waals surface area contributed by atoms with Crippen molar-refractivity contribution < 1.29 is 9.13 Å². The zero-order valence-corrected chi connectivity index (χ0v) is 13.7. The maximum Gasteiger partial charge on any atom is 0.180 e. The SMILES string of the molecule is COc1c(-c2ccccc2Cl)c(F)cc2c1nnc1c2cnn1C. The van der Waals surface area contributed by atoms with Crippen LogP contribution in [0.5, 0.6) is 5.75 Å². The van der Waals surface area contributed by atoms with Gasteiger partial charge in [0.15, 0.2) is 11.4 Å². The van der Waals surface area contributed by atoms with Crippen LogP contribution in [0, 0.1) is 5.82 Å². The van der Waals surface area contributed by atoms with Gasteiger partial charge in [-0.25, -0.2) is 9.07 Å². The molecule has 5 nitrogen and oxygen atoms in total. The molecule has 0 saturated heterocycles. The fraction of sp³-hybridized carbons (Fsp3) is 0.118. The van der Waals surface area contributed by atoms with E-state index in [0.717, 1.165) is 0 Å². The number of aromatic nitrogens is 4. The number of aryl methyl sites for hydroxylation is 1. The van der Waals surface area contributed by atoms with E-state index in [-0.39, 0.29) is 5.56 Å². The van der Waals surface area contributed by atoms with Crippen LogP contribution in [0.1, 0.15) is 0 Å². The van der Waals surface area contributed by atoms with Gasteiger partial charge in [0.2, 0.25) is 0 Å². The van der Waals surface area contributed by atoms with E-state index >= 15 is 0 Å². The predicted octanol–water partition coefficient (Wildman–Crippen LogP) is 3.98. The number of rotatable bonds is 2. The van der Waals surface area contributed by atoms with E-state index in [0.29, 0.717) is 38.3 Å². The second-order valence-corrected chi connectivity index (χ2v) is 5.76. The Morgan fingerprint density at radius 2 is 1.96 bits per heavy atom. The molecule has 0 saturated carbocycles. The molecule has 0 amide bonds. The zero-order chi connectivity index (χ0) is 16.8. The number of halogens is 2. The van der Waals surface area contributed by atoms with E-state index in [4.69, 9.17) is 16.3 Å². The van der Waals surface area contributed by atoms with Crippen LogP contribution < -0.4 is 4.74 Å². The summed E-state index contributed by atoms with van der Waals surface area (Å²) in [6, 6.07) is 8.45. The summed E-state index contributed by atoms with van der Waals surface area (Å²) in [5, 5.41) is 14.3. The fourth-order valence-electron chi connectivity index (χ4n) is 2.87. The molecule has 7 heteroatoms. The van der Waals surface area contributed by atoms with E-state index < -0.39 is 5.82 Å². The lowest BCUT2D eigenvalue weighted by molar-refractivity contribution is 0.417. The second-order valence-electron chi connectivity index (χ2n) is 5.35. The average molecular weight is 343 g/mol. The molecular weight excluding hydrogens is 331 g/mol. The monoisotopic (exact) mass is 342 g/mol. The molecule has 2 aromatic heterocycles. The normalized spacial score (nSPS) is 11.3. The Kier molecular flexibility index (Phi) is 3.35. The van der Waals surface area contributed by atoms with Crippen molar-refractivity contribution in [3.05, 3.63) is 47.4 Å². The molecule has 0 aliphatic rings. The molecular formula is C17H12ClFN4O. The van der Waals surface area contributed by atoms with Crippen LogP contribution in [0.4, 0.5) is 4.39 Å². The van der Waals surface area contributed by atoms with Crippen molar-refractivity contribution in [2.75, 3.05) is 7.11 Å². The number of benzene rings is 2. The summed E-state index contributed by atoms with van der Waals surface area (Å²) in [5.41, 5.74) is 1.86. The number of hydrogen-bond acceptors (Lipinski definition) is 4. The number of ether oxygens (including phenoxy) is 1. The van der Waals surface area contributed by atoms with Gasteiger partial charge in [0.1, 0.15) is 11.3 Å². The lowest BCUT2D eigenvalue weighted by Crippen LogP contribution is -1.99. The third kappa shape index (κ3) is 2.03. The molecule has 120 valence electrons. The van der Waals surface area contributed by atoms with Crippen LogP contribution in [0.3, 0.4) is 0 Å². The number of nitrogens with zero attached hydrogens (tertiary/aromatic N) is 4. The molecule has 4 aromatic rings. The summed E-state index contributed by atoms with van der Waals surface area (Å²) in [6.07, 6.45) is 1.64. The number of methoxy groups -OCH3 is 1. The van der Waals surface area contributed by atoms with Crippen LogP contribution in [0.15, 0.2) is 36.5 Å². The van der Waals surface area contributed by atoms with Crippen LogP contribution in [-0.4, -0.2) is 27.1 Å². The van der Waals surface area contributed by atoms with Gasteiger partial charge in [-0.2, -0.15) is 5.10 Å². The van der Waals surface area contributed by atoms with E-state index in [1.165, 1.54) is 13.2 Å². The molecule has 24 heavy (non-hydrogen) atoms. The largest absolute Gasteiger partial charge is 0.494 e. The molecule has 0 aliphatic carbocycles. The summed E-state index contributed by atoms with van der Waals surface area (Å²) in [6.45, 7) is 0. The van der Waals surface area contributed by atoms with Gasteiger partial charge in [-0.15, -0.1) is 10.2 Å². The lowest BCUT2D eigenvalue weighted by atomic mass is 10.0. The Balaban J connectivity index is 2.15. The molecule has 0 N–H and O–H groups in total. The van der Waals surface area contributed by atoms with E-state index in [1.807, 2.05) is 0 Å². The van der Waals surface area contributed by atoms with Crippen LogP contribution >= 0.6 is 11.6 Å². The van der Waals surface area contributed by atoms with Gasteiger partial charge in [-0.05, 0) is 12.1 Å². The van der Waals surface area contributed by atoms with Gasteiger partial charge in [0.25, 0.3) is 0 Å². The molecule has 0 spiro atoms. The molecule has 4 rings (SSSR count). The van der Waals surface area contributed by atoms with Crippen molar-refractivity contribution in [1.29, 1.82) is 0 Å². The minimum absolute atomic E-state index is 0.271. The summed E-state index contributed by atoms with van der Waals surface area (Å²) < 4.78 is 22.0. The standard InChI is InChI=1S/C17H12ClFN4O/c1-23-17-11(8-20-23)10-7-13(19)14(9-5-3-4-6-12(9)18)16(24-2)15(10)21-22-17/h3-8H,1-2H3. The third-order valence-electron chi connectivity index (χ3n) is 4.00. The number of fused-ring (bicyclic) bond motifs is 3. The lowest BCUT2D eigenvalue weighted by Gasteiger charge is -2.13. The van der Waals surface area contributed by atoms with Crippen molar-refractivity contribution in [2.24, 2.45) is 7.05 Å². The van der Waals surface area contributed by atoms with Crippen molar-refractivity contribution in [2.45, 2.75) is 0 Å². The Morgan fingerprint density at radius 3 is 2.71 bits per heavy atom. The maximum atomic E-state index is 15.0. The topological polar surface area (TPSA) is 52.8 Å². The van der Waals surface area contributed by atoms with Crippen molar-refractivity contribution >= 4 is 33.5 Å². The Morgan fingerprint density at radius 1 is 1.17 bits per heavy atom. The van der Waals surface area contributed by atoms with E-state index in [9.17, 15) is 4.39 Å². The predicted molar refractivity (Wildman–Crippen MR) is 90.8 cm³/mol. The Labute approximate surface area is 141 Å². The average Bonchev–Trinajstić information content (AvgIpc) is 2.96. The highest BCUT2D eigenvalue weighted by atomic mass is 35.5. The van der Waals surface area contributed by atoms with Gasteiger partial charge < -0.3 is 4.74 Å². The number of hydrogen-bond donors (Lipinski definition) is 0. The van der Waals surface area contributed by atoms with Gasteiger partial charge in [-0.1, -0.05) is 29.8 Å². The highest BCUT2D eigenvalue weighted by molar-refractivity contribution is 6.33. The van der Waals surface area contributed by atoms with Crippen molar-refractivity contribution in [1.82, 2.24) is 20.0 Å². The molecule has 0 radical (unpaired) electrons. The molecule has 0 atom stereocenters. The fourth-order valence-corrected chi connectivity index (χ4v) is 3.10. The minimum Gasteiger partial charge on any atom is -0.494 e. The van der Waals surface area contributed by atoms with E-state index in [2.05, 4.69) is 15.3 Å². The molecule has 0 fully saturated rings. The summed E-state index contributed by atoms with van der Waals surface area (Å²) in [4.78, 5) is 0. The first-order chi connectivity index (χ1) is 11.6. The van der Waals surface area contributed by atoms with Gasteiger partial charge in [0.05, 0.1) is 24.3 Å². The zero-order valence-electron chi connectivity index (χ0n) is 12.9. The summed E-state index contributed by atoms with van der Waals surface area (Å²) >= 11 is 6.24. The molecule has 0 aliphatic heterocycles. The second kappa shape index (κ2) is 5.42. The van der Waals surface area contributed by atoms with E-state index in [1.54, 1.807) is 42.2 Å². The highest BCUT2D eigenvalue weighted by Crippen LogP contribution is 2.42. The van der Waals surface area contributed by atoms with Crippen LogP contribution in [0.2, 0.25) is 5.02 Å². The van der Waals surface area contributed by atoms with Crippen molar-refractivity contribution in [3.63, 3.8) is 0 Å². The molecule has 2 heterocycles. The molecule has 0 unspecified atom stereocenters. The minimum atomic E-state index is -0.439. The van der Waals surface area contributed by atoms with Crippen LogP contribution in [-0.2, 0) is 7.05 Å². The first-order valence-electron chi connectivity index (χ1n) is 7.21. The first kappa shape index (κ1) is 14.8. The highest BCUT2D eigenvalue weighted by Gasteiger charge is 2.21. The molecule has 2 aromatic carbocycles. The van der Waals surface area contributed by atoms with Gasteiger partial charge >= 0.3 is 0 Å². The smallest absolute Gasteiger partial charge is 0.180 e. The van der Waals surface area contributed by atoms with Gasteiger partial charge in [0, 0.05) is 23.0 Å². The third-order valence-corrected chi connectivity index (χ3v) is 4.33. The van der Waals surface area contributed by atoms with Crippen LogP contribution in [0.25, 0.3) is 33.1 Å². The summed E-state index contributed by atoms with van der Waals surface area (Å²) in [5.74, 6) is -0.137. The van der Waals surface area contributed by atoms with Gasteiger partial charge in [-0.3, -0.25) is 0 Å². The summed E-state index contributed by atoms with van der Waals surface area (Å²) in [7, 11) is 3.23. The van der Waals surface area contributed by atoms with Crippen molar-refractivity contribution in [3.8, 4) is 16.9 Å². The molecule has 0 bridgehead atoms. The Hall–Kier alpha value is -2.73. The Bertz CT molecular complexity index is 1090.